The SMILES string of the molecule is Cc1cc(OCc2nc(SCC(=O)Nc3cc(S(=O)(=O)N(C)C)ccc3C)n[nH]2)ccc1Cl. The number of aryl methyl sites for hydroxylation is 2. The number of thioether (sulfide) groups is 1. The third-order valence-electron chi connectivity index (χ3n) is 4.61. The quantitative estimate of drug-likeness (QED) is 0.423. The summed E-state index contributed by atoms with van der Waals surface area (Å²) in [5, 5.41) is 10.7. The van der Waals surface area contributed by atoms with Gasteiger partial charge in [-0.1, -0.05) is 29.4 Å². The van der Waals surface area contributed by atoms with Gasteiger partial charge in [-0.2, -0.15) is 0 Å². The minimum absolute atomic E-state index is 0.0542. The molecule has 1 heterocycles. The number of hydrogen-bond donors (Lipinski definition) is 2. The van der Waals surface area contributed by atoms with Crippen LogP contribution < -0.4 is 10.1 Å². The van der Waals surface area contributed by atoms with E-state index in [1.807, 2.05) is 13.0 Å². The Balaban J connectivity index is 1.55. The Hall–Kier alpha value is -2.60. The molecule has 3 rings (SSSR count). The summed E-state index contributed by atoms with van der Waals surface area (Å²) >= 11 is 7.16. The molecule has 3 aromatic rings. The van der Waals surface area contributed by atoms with E-state index >= 15 is 0 Å². The summed E-state index contributed by atoms with van der Waals surface area (Å²) in [5.41, 5.74) is 2.10. The summed E-state index contributed by atoms with van der Waals surface area (Å²) in [4.78, 5) is 16.8. The Bertz CT molecular complexity index is 1260. The Morgan fingerprint density at radius 1 is 1.18 bits per heavy atom. The van der Waals surface area contributed by atoms with E-state index in [-0.39, 0.29) is 23.2 Å². The van der Waals surface area contributed by atoms with E-state index in [1.54, 1.807) is 25.1 Å². The molecule has 1 amide bonds. The van der Waals surface area contributed by atoms with Gasteiger partial charge in [-0.15, -0.1) is 5.10 Å². The third-order valence-corrected chi connectivity index (χ3v) is 7.69. The molecule has 0 aliphatic heterocycles. The average Bonchev–Trinajstić information content (AvgIpc) is 3.22. The van der Waals surface area contributed by atoms with Crippen LogP contribution in [0.25, 0.3) is 0 Å². The Morgan fingerprint density at radius 3 is 2.64 bits per heavy atom. The van der Waals surface area contributed by atoms with Crippen molar-refractivity contribution in [2.45, 2.75) is 30.5 Å². The molecule has 33 heavy (non-hydrogen) atoms. The molecule has 0 bridgehead atoms. The second-order valence-electron chi connectivity index (χ2n) is 7.37. The van der Waals surface area contributed by atoms with Crippen molar-refractivity contribution in [1.82, 2.24) is 19.5 Å². The fourth-order valence-electron chi connectivity index (χ4n) is 2.69. The van der Waals surface area contributed by atoms with Gasteiger partial charge in [0.05, 0.1) is 10.6 Å². The van der Waals surface area contributed by atoms with Crippen molar-refractivity contribution < 1.29 is 17.9 Å². The zero-order valence-electron chi connectivity index (χ0n) is 18.5. The molecule has 0 aliphatic rings. The van der Waals surface area contributed by atoms with Gasteiger partial charge in [-0.25, -0.2) is 17.7 Å². The number of amides is 1. The summed E-state index contributed by atoms with van der Waals surface area (Å²) in [7, 11) is -0.690. The van der Waals surface area contributed by atoms with E-state index in [9.17, 15) is 13.2 Å². The number of benzene rings is 2. The number of aromatic nitrogens is 3. The molecule has 0 saturated carbocycles. The van der Waals surface area contributed by atoms with Crippen LogP contribution in [-0.4, -0.2) is 53.7 Å². The third kappa shape index (κ3) is 6.47. The smallest absolute Gasteiger partial charge is 0.242 e. The lowest BCUT2D eigenvalue weighted by atomic mass is 10.2. The number of rotatable bonds is 9. The lowest BCUT2D eigenvalue weighted by Gasteiger charge is -2.14. The number of carbonyl (C=O) groups is 1. The number of carbonyl (C=O) groups excluding carboxylic acids is 1. The Morgan fingerprint density at radius 2 is 1.94 bits per heavy atom. The summed E-state index contributed by atoms with van der Waals surface area (Å²) in [5.74, 6) is 0.930. The number of nitrogens with one attached hydrogen (secondary N) is 2. The van der Waals surface area contributed by atoms with Gasteiger partial charge in [0.25, 0.3) is 0 Å². The maximum atomic E-state index is 12.4. The van der Waals surface area contributed by atoms with Crippen molar-refractivity contribution in [3.05, 3.63) is 58.4 Å². The number of sulfonamides is 1. The topological polar surface area (TPSA) is 117 Å². The molecule has 2 aromatic carbocycles. The number of hydrogen-bond acceptors (Lipinski definition) is 7. The van der Waals surface area contributed by atoms with E-state index in [1.165, 1.54) is 26.2 Å². The van der Waals surface area contributed by atoms with Gasteiger partial charge >= 0.3 is 0 Å². The molecule has 176 valence electrons. The highest BCUT2D eigenvalue weighted by molar-refractivity contribution is 7.99. The molecule has 0 aliphatic carbocycles. The predicted molar refractivity (Wildman–Crippen MR) is 128 cm³/mol. The standard InChI is InChI=1S/C21H24ClN5O4S2/c1-13-5-7-16(33(29,30)27(3)4)10-18(13)23-20(28)12-32-21-24-19(25-26-21)11-31-15-6-8-17(22)14(2)9-15/h5-10H,11-12H2,1-4H3,(H,23,28)(H,24,25,26). The van der Waals surface area contributed by atoms with Crippen LogP contribution >= 0.6 is 23.4 Å². The molecule has 0 saturated heterocycles. The summed E-state index contributed by atoms with van der Waals surface area (Å²) in [6, 6.07) is 9.99. The maximum Gasteiger partial charge on any atom is 0.242 e. The number of ether oxygens (including phenoxy) is 1. The summed E-state index contributed by atoms with van der Waals surface area (Å²) in [6.07, 6.45) is 0. The molecule has 1 aromatic heterocycles. The van der Waals surface area contributed by atoms with Crippen LogP contribution in [0.15, 0.2) is 46.5 Å². The van der Waals surface area contributed by atoms with E-state index in [4.69, 9.17) is 16.3 Å². The molecular weight excluding hydrogens is 486 g/mol. The molecule has 0 atom stereocenters. The molecule has 12 heteroatoms. The number of anilines is 1. The van der Waals surface area contributed by atoms with Crippen LogP contribution in [0, 0.1) is 13.8 Å². The number of nitrogens with zero attached hydrogens (tertiary/aromatic N) is 3. The van der Waals surface area contributed by atoms with Crippen LogP contribution in [0.3, 0.4) is 0 Å². The molecular formula is C21H24ClN5O4S2. The highest BCUT2D eigenvalue weighted by Crippen LogP contribution is 2.23. The average molecular weight is 510 g/mol. The first-order valence-electron chi connectivity index (χ1n) is 9.82. The fraction of sp³-hybridized carbons (Fsp3) is 0.286. The predicted octanol–water partition coefficient (Wildman–Crippen LogP) is 3.64. The normalized spacial score (nSPS) is 11.6. The molecule has 0 radical (unpaired) electrons. The van der Waals surface area contributed by atoms with E-state index < -0.39 is 10.0 Å². The molecule has 0 unspecified atom stereocenters. The highest BCUT2D eigenvalue weighted by atomic mass is 35.5. The molecule has 0 fully saturated rings. The maximum absolute atomic E-state index is 12.4. The molecule has 9 nitrogen and oxygen atoms in total. The first-order chi connectivity index (χ1) is 15.6. The van der Waals surface area contributed by atoms with Crippen LogP contribution in [0.1, 0.15) is 17.0 Å². The lowest BCUT2D eigenvalue weighted by molar-refractivity contribution is -0.113. The number of aromatic amines is 1. The monoisotopic (exact) mass is 509 g/mol. The van der Waals surface area contributed by atoms with Crippen LogP contribution in [0.5, 0.6) is 5.75 Å². The minimum Gasteiger partial charge on any atom is -0.486 e. The summed E-state index contributed by atoms with van der Waals surface area (Å²) < 4.78 is 31.5. The molecule has 0 spiro atoms. The summed E-state index contributed by atoms with van der Waals surface area (Å²) in [6.45, 7) is 3.87. The van der Waals surface area contributed by atoms with Gasteiger partial charge in [0.15, 0.2) is 5.82 Å². The van der Waals surface area contributed by atoms with Gasteiger partial charge in [0.1, 0.15) is 12.4 Å². The van der Waals surface area contributed by atoms with Gasteiger partial charge in [0.2, 0.25) is 21.1 Å². The van der Waals surface area contributed by atoms with E-state index in [0.717, 1.165) is 27.2 Å². The molecule has 2 N–H and O–H groups in total. The van der Waals surface area contributed by atoms with Crippen molar-refractivity contribution in [1.29, 1.82) is 0 Å². The Labute approximate surface area is 201 Å². The van der Waals surface area contributed by atoms with Crippen molar-refractivity contribution in [2.75, 3.05) is 25.2 Å². The van der Waals surface area contributed by atoms with Gasteiger partial charge in [-0.3, -0.25) is 9.89 Å². The Kier molecular flexibility index (Phi) is 8.01. The van der Waals surface area contributed by atoms with Gasteiger partial charge < -0.3 is 10.1 Å². The first-order valence-corrected chi connectivity index (χ1v) is 12.6. The zero-order valence-corrected chi connectivity index (χ0v) is 20.9. The highest BCUT2D eigenvalue weighted by Gasteiger charge is 2.19. The largest absolute Gasteiger partial charge is 0.486 e. The van der Waals surface area contributed by atoms with Crippen molar-refractivity contribution in [3.63, 3.8) is 0 Å². The van der Waals surface area contributed by atoms with Crippen molar-refractivity contribution >= 4 is 45.0 Å². The van der Waals surface area contributed by atoms with Crippen LogP contribution in [-0.2, 0) is 21.4 Å². The van der Waals surface area contributed by atoms with E-state index in [0.29, 0.717) is 27.4 Å². The zero-order chi connectivity index (χ0) is 24.2. The fourth-order valence-corrected chi connectivity index (χ4v) is 4.35. The van der Waals surface area contributed by atoms with Gasteiger partial charge in [0, 0.05) is 24.8 Å². The van der Waals surface area contributed by atoms with Crippen molar-refractivity contribution in [2.24, 2.45) is 0 Å². The van der Waals surface area contributed by atoms with Crippen LogP contribution in [0.2, 0.25) is 5.02 Å². The second-order valence-corrected chi connectivity index (χ2v) is 10.9. The number of H-pyrrole nitrogens is 1. The van der Waals surface area contributed by atoms with Crippen molar-refractivity contribution in [3.8, 4) is 5.75 Å². The number of halogens is 1. The van der Waals surface area contributed by atoms with E-state index in [2.05, 4.69) is 20.5 Å². The first kappa shape index (κ1) is 25.0. The lowest BCUT2D eigenvalue weighted by Crippen LogP contribution is -2.22. The van der Waals surface area contributed by atoms with Gasteiger partial charge in [-0.05, 0) is 55.3 Å². The minimum atomic E-state index is -3.60. The second kappa shape index (κ2) is 10.6. The van der Waals surface area contributed by atoms with Crippen LogP contribution in [0.4, 0.5) is 5.69 Å².